The lowest BCUT2D eigenvalue weighted by Crippen LogP contribution is -2.54. The second-order valence-corrected chi connectivity index (χ2v) is 5.60. The summed E-state index contributed by atoms with van der Waals surface area (Å²) in [5.74, 6) is 0.0131. The second-order valence-electron chi connectivity index (χ2n) is 5.60. The summed E-state index contributed by atoms with van der Waals surface area (Å²) >= 11 is 0. The third-order valence-electron chi connectivity index (χ3n) is 4.31. The summed E-state index contributed by atoms with van der Waals surface area (Å²) in [7, 11) is 1.41. The minimum Gasteiger partial charge on any atom is -0.468 e. The van der Waals surface area contributed by atoms with E-state index in [0.717, 1.165) is 26.2 Å². The van der Waals surface area contributed by atoms with Crippen LogP contribution in [0.2, 0.25) is 0 Å². The first-order valence-electron chi connectivity index (χ1n) is 7.44. The Morgan fingerprint density at radius 1 is 1.05 bits per heavy atom. The number of hydrogen-bond acceptors (Lipinski definition) is 5. The molecule has 0 saturated carbocycles. The summed E-state index contributed by atoms with van der Waals surface area (Å²) in [5, 5.41) is 0. The van der Waals surface area contributed by atoms with Crippen LogP contribution in [0.5, 0.6) is 0 Å². The summed E-state index contributed by atoms with van der Waals surface area (Å²) in [6.07, 6.45) is 2.41. The molecule has 2 saturated heterocycles. The van der Waals surface area contributed by atoms with Gasteiger partial charge in [-0.05, 0) is 32.9 Å². The zero-order chi connectivity index (χ0) is 14.5. The quantitative estimate of drug-likeness (QED) is 0.668. The first-order chi connectivity index (χ1) is 9.61. The van der Waals surface area contributed by atoms with E-state index >= 15 is 0 Å². The van der Waals surface area contributed by atoms with Crippen LogP contribution in [0, 0.1) is 0 Å². The van der Waals surface area contributed by atoms with E-state index in [2.05, 4.69) is 9.80 Å². The highest BCUT2D eigenvalue weighted by molar-refractivity contribution is 5.78. The van der Waals surface area contributed by atoms with Crippen molar-refractivity contribution in [2.75, 3.05) is 52.9 Å². The van der Waals surface area contributed by atoms with E-state index in [1.165, 1.54) is 20.0 Å². The van der Waals surface area contributed by atoms with Crippen molar-refractivity contribution < 1.29 is 14.3 Å². The van der Waals surface area contributed by atoms with E-state index in [1.807, 2.05) is 11.8 Å². The molecule has 2 aliphatic rings. The van der Waals surface area contributed by atoms with Crippen molar-refractivity contribution in [3.63, 3.8) is 0 Å². The van der Waals surface area contributed by atoms with Gasteiger partial charge in [-0.1, -0.05) is 0 Å². The molecule has 114 valence electrons. The SMILES string of the molecule is COC(=O)C(C)N1CCN(C(=O)CN2CCCC2)CC1. The fourth-order valence-corrected chi connectivity index (χ4v) is 2.91. The van der Waals surface area contributed by atoms with Crippen molar-refractivity contribution in [2.24, 2.45) is 0 Å². The van der Waals surface area contributed by atoms with Crippen LogP contribution < -0.4 is 0 Å². The normalized spacial score (nSPS) is 22.8. The van der Waals surface area contributed by atoms with Crippen LogP contribution in [0.15, 0.2) is 0 Å². The lowest BCUT2D eigenvalue weighted by atomic mass is 10.2. The van der Waals surface area contributed by atoms with Gasteiger partial charge >= 0.3 is 5.97 Å². The standard InChI is InChI=1S/C14H25N3O3/c1-12(14(19)20-2)16-7-9-17(10-8-16)13(18)11-15-5-3-4-6-15/h12H,3-11H2,1-2H3. The maximum atomic E-state index is 12.2. The van der Waals surface area contributed by atoms with Crippen LogP contribution >= 0.6 is 0 Å². The summed E-state index contributed by atoms with van der Waals surface area (Å²) < 4.78 is 4.76. The fraction of sp³-hybridized carbons (Fsp3) is 0.857. The van der Waals surface area contributed by atoms with Gasteiger partial charge in [0.05, 0.1) is 13.7 Å². The monoisotopic (exact) mass is 283 g/mol. The molecule has 1 unspecified atom stereocenters. The molecule has 6 heteroatoms. The van der Waals surface area contributed by atoms with Crippen molar-refractivity contribution in [2.45, 2.75) is 25.8 Å². The van der Waals surface area contributed by atoms with Gasteiger partial charge < -0.3 is 9.64 Å². The molecule has 2 rings (SSSR count). The summed E-state index contributed by atoms with van der Waals surface area (Å²) in [5.41, 5.74) is 0. The van der Waals surface area contributed by atoms with Crippen LogP contribution in [0.3, 0.4) is 0 Å². The average Bonchev–Trinajstić information content (AvgIpc) is 2.98. The Morgan fingerprint density at radius 2 is 1.65 bits per heavy atom. The Balaban J connectivity index is 1.75. The number of piperazine rings is 1. The highest BCUT2D eigenvalue weighted by Crippen LogP contribution is 2.10. The van der Waals surface area contributed by atoms with Gasteiger partial charge in [0.25, 0.3) is 0 Å². The van der Waals surface area contributed by atoms with Gasteiger partial charge in [0.15, 0.2) is 0 Å². The van der Waals surface area contributed by atoms with Crippen LogP contribution in [0.4, 0.5) is 0 Å². The number of likely N-dealkylation sites (tertiary alicyclic amines) is 1. The Labute approximate surface area is 120 Å². The highest BCUT2D eigenvalue weighted by Gasteiger charge is 2.28. The van der Waals surface area contributed by atoms with Crippen LogP contribution in [0.1, 0.15) is 19.8 Å². The maximum absolute atomic E-state index is 12.2. The van der Waals surface area contributed by atoms with Crippen molar-refractivity contribution in [3.8, 4) is 0 Å². The van der Waals surface area contributed by atoms with Crippen molar-refractivity contribution >= 4 is 11.9 Å². The van der Waals surface area contributed by atoms with E-state index < -0.39 is 0 Å². The Morgan fingerprint density at radius 3 is 2.20 bits per heavy atom. The number of carbonyl (C=O) groups is 2. The van der Waals surface area contributed by atoms with E-state index in [1.54, 1.807) is 0 Å². The minimum atomic E-state index is -0.226. The lowest BCUT2D eigenvalue weighted by molar-refractivity contribution is -0.147. The molecule has 2 fully saturated rings. The van der Waals surface area contributed by atoms with Gasteiger partial charge in [-0.2, -0.15) is 0 Å². The average molecular weight is 283 g/mol. The molecule has 0 aromatic rings. The van der Waals surface area contributed by atoms with Crippen LogP contribution in [0.25, 0.3) is 0 Å². The molecule has 1 atom stereocenters. The zero-order valence-corrected chi connectivity index (χ0v) is 12.5. The topological polar surface area (TPSA) is 53.1 Å². The number of methoxy groups -OCH3 is 1. The third-order valence-corrected chi connectivity index (χ3v) is 4.31. The molecule has 2 aliphatic heterocycles. The lowest BCUT2D eigenvalue weighted by Gasteiger charge is -2.37. The molecule has 1 amide bonds. The van der Waals surface area contributed by atoms with Gasteiger partial charge in [-0.15, -0.1) is 0 Å². The van der Waals surface area contributed by atoms with E-state index in [0.29, 0.717) is 19.6 Å². The smallest absolute Gasteiger partial charge is 0.322 e. The number of carbonyl (C=O) groups excluding carboxylic acids is 2. The number of hydrogen-bond donors (Lipinski definition) is 0. The van der Waals surface area contributed by atoms with Crippen LogP contribution in [-0.2, 0) is 14.3 Å². The number of ether oxygens (including phenoxy) is 1. The molecule has 6 nitrogen and oxygen atoms in total. The largest absolute Gasteiger partial charge is 0.468 e. The molecule has 0 N–H and O–H groups in total. The Bertz CT molecular complexity index is 348. The Hall–Kier alpha value is -1.14. The van der Waals surface area contributed by atoms with E-state index in [-0.39, 0.29) is 17.9 Å². The molecule has 20 heavy (non-hydrogen) atoms. The highest BCUT2D eigenvalue weighted by atomic mass is 16.5. The first kappa shape index (κ1) is 15.3. The number of rotatable bonds is 4. The fourth-order valence-electron chi connectivity index (χ4n) is 2.91. The molecule has 0 radical (unpaired) electrons. The van der Waals surface area contributed by atoms with Gasteiger partial charge in [0.2, 0.25) is 5.91 Å². The molecular formula is C14H25N3O3. The van der Waals surface area contributed by atoms with Gasteiger partial charge in [-0.25, -0.2) is 0 Å². The summed E-state index contributed by atoms with van der Waals surface area (Å²) in [6.45, 7) is 7.38. The molecule has 0 spiro atoms. The maximum Gasteiger partial charge on any atom is 0.322 e. The van der Waals surface area contributed by atoms with E-state index in [4.69, 9.17) is 4.74 Å². The van der Waals surface area contributed by atoms with Gasteiger partial charge in [0.1, 0.15) is 6.04 Å². The number of nitrogens with zero attached hydrogens (tertiary/aromatic N) is 3. The van der Waals surface area contributed by atoms with Crippen molar-refractivity contribution in [1.82, 2.24) is 14.7 Å². The van der Waals surface area contributed by atoms with Crippen molar-refractivity contribution in [1.29, 1.82) is 0 Å². The van der Waals surface area contributed by atoms with Gasteiger partial charge in [0, 0.05) is 26.2 Å². The number of esters is 1. The number of amides is 1. The minimum absolute atomic E-state index is 0.207. The second kappa shape index (κ2) is 7.04. The Kier molecular flexibility index (Phi) is 5.37. The van der Waals surface area contributed by atoms with Gasteiger partial charge in [-0.3, -0.25) is 19.4 Å². The molecular weight excluding hydrogens is 258 g/mol. The summed E-state index contributed by atoms with van der Waals surface area (Å²) in [4.78, 5) is 29.9. The third kappa shape index (κ3) is 3.70. The predicted molar refractivity (Wildman–Crippen MR) is 75.3 cm³/mol. The van der Waals surface area contributed by atoms with E-state index in [9.17, 15) is 9.59 Å². The zero-order valence-electron chi connectivity index (χ0n) is 12.5. The first-order valence-corrected chi connectivity index (χ1v) is 7.44. The molecule has 0 aromatic heterocycles. The predicted octanol–water partition coefficient (Wildman–Crippen LogP) is -0.212. The molecule has 2 heterocycles. The van der Waals surface area contributed by atoms with Crippen LogP contribution in [-0.4, -0.2) is 85.5 Å². The molecule has 0 aliphatic carbocycles. The molecule has 0 aromatic carbocycles. The molecule has 0 bridgehead atoms. The summed E-state index contributed by atoms with van der Waals surface area (Å²) in [6, 6.07) is -0.226. The van der Waals surface area contributed by atoms with Crippen molar-refractivity contribution in [3.05, 3.63) is 0 Å².